The summed E-state index contributed by atoms with van der Waals surface area (Å²) in [6.45, 7) is 0.545. The smallest absolute Gasteiger partial charge is 0.407 e. The van der Waals surface area contributed by atoms with Gasteiger partial charge in [-0.15, -0.1) is 0 Å². The van der Waals surface area contributed by atoms with Gasteiger partial charge >= 0.3 is 18.2 Å². The van der Waals surface area contributed by atoms with Crippen LogP contribution < -0.4 is 16.4 Å². The van der Waals surface area contributed by atoms with Gasteiger partial charge in [0, 0.05) is 16.6 Å². The average molecular weight is 578 g/mol. The molecular formula is C33H43N3O6. The Bertz CT molecular complexity index is 1260. The SMILES string of the molecule is NC12CCCC(NC(=O)OCc3ccccc3)(CC1)C2.O=C(NC12CCCC(C(=O)O)(CC1)C2)OCc1ccccc1. The minimum absolute atomic E-state index is 0.0645. The van der Waals surface area contributed by atoms with E-state index in [0.717, 1.165) is 68.9 Å². The van der Waals surface area contributed by atoms with Crippen molar-refractivity contribution in [3.05, 3.63) is 71.8 Å². The minimum atomic E-state index is -0.728. The molecule has 0 aliphatic heterocycles. The lowest BCUT2D eigenvalue weighted by molar-refractivity contribution is -0.150. The van der Waals surface area contributed by atoms with E-state index in [0.29, 0.717) is 25.9 Å². The molecule has 9 heteroatoms. The number of carboxylic acid groups (broad SMARTS) is 1. The molecule has 4 saturated carbocycles. The molecule has 4 aliphatic rings. The van der Waals surface area contributed by atoms with Crippen LogP contribution in [0.15, 0.2) is 60.7 Å². The monoisotopic (exact) mass is 577 g/mol. The molecule has 0 heterocycles. The van der Waals surface area contributed by atoms with E-state index in [4.69, 9.17) is 15.2 Å². The highest BCUT2D eigenvalue weighted by atomic mass is 16.6. The van der Waals surface area contributed by atoms with Crippen molar-refractivity contribution >= 4 is 18.2 Å². The fourth-order valence-electron chi connectivity index (χ4n) is 7.62. The number of benzene rings is 2. The van der Waals surface area contributed by atoms with Crippen LogP contribution in [0.4, 0.5) is 9.59 Å². The Kier molecular flexibility index (Phi) is 8.78. The van der Waals surface area contributed by atoms with Crippen LogP contribution in [0, 0.1) is 5.41 Å². The van der Waals surface area contributed by atoms with Gasteiger partial charge in [0.15, 0.2) is 0 Å². The van der Waals surface area contributed by atoms with Crippen LogP contribution in [0.5, 0.6) is 0 Å². The van der Waals surface area contributed by atoms with Crippen molar-refractivity contribution in [2.75, 3.05) is 0 Å². The maximum atomic E-state index is 12.1. The fourth-order valence-corrected chi connectivity index (χ4v) is 7.62. The van der Waals surface area contributed by atoms with Crippen LogP contribution in [0.3, 0.4) is 0 Å². The average Bonchev–Trinajstić information content (AvgIpc) is 3.39. The summed E-state index contributed by atoms with van der Waals surface area (Å²) in [6.07, 6.45) is 9.57. The van der Waals surface area contributed by atoms with E-state index in [1.54, 1.807) is 0 Å². The number of fused-ring (bicyclic) bond motifs is 4. The third-order valence-corrected chi connectivity index (χ3v) is 9.81. The molecule has 0 saturated heterocycles. The summed E-state index contributed by atoms with van der Waals surface area (Å²) in [6, 6.07) is 19.2. The first-order valence-electron chi connectivity index (χ1n) is 15.1. The molecule has 4 aliphatic carbocycles. The summed E-state index contributed by atoms with van der Waals surface area (Å²) >= 11 is 0. The van der Waals surface area contributed by atoms with Gasteiger partial charge in [0.1, 0.15) is 13.2 Å². The summed E-state index contributed by atoms with van der Waals surface area (Å²) in [5.74, 6) is -0.728. The lowest BCUT2D eigenvalue weighted by atomic mass is 9.73. The second-order valence-corrected chi connectivity index (χ2v) is 12.9. The minimum Gasteiger partial charge on any atom is -0.481 e. The van der Waals surface area contributed by atoms with Crippen LogP contribution in [-0.4, -0.2) is 39.9 Å². The summed E-state index contributed by atoms with van der Waals surface area (Å²) in [5, 5.41) is 15.5. The molecule has 0 radical (unpaired) electrons. The molecule has 4 bridgehead atoms. The van der Waals surface area contributed by atoms with Gasteiger partial charge in [-0.2, -0.15) is 0 Å². The van der Waals surface area contributed by atoms with Crippen molar-refractivity contribution in [1.29, 1.82) is 0 Å². The highest BCUT2D eigenvalue weighted by Gasteiger charge is 2.56. The Hall–Kier alpha value is -3.59. The molecule has 4 atom stereocenters. The van der Waals surface area contributed by atoms with Crippen LogP contribution in [0.2, 0.25) is 0 Å². The molecule has 0 spiro atoms. The second kappa shape index (κ2) is 12.3. The zero-order chi connectivity index (χ0) is 29.7. The van der Waals surface area contributed by atoms with E-state index in [9.17, 15) is 19.5 Å². The molecular weight excluding hydrogens is 534 g/mol. The van der Waals surface area contributed by atoms with E-state index in [1.807, 2.05) is 60.7 Å². The van der Waals surface area contributed by atoms with Crippen LogP contribution in [0.1, 0.15) is 88.2 Å². The number of carboxylic acids is 1. The Labute approximate surface area is 247 Å². The molecule has 0 aromatic heterocycles. The number of carbonyl (C=O) groups excluding carboxylic acids is 2. The molecule has 42 heavy (non-hydrogen) atoms. The number of ether oxygens (including phenoxy) is 2. The zero-order valence-corrected chi connectivity index (χ0v) is 24.2. The molecule has 2 amide bonds. The first-order valence-corrected chi connectivity index (χ1v) is 15.1. The third kappa shape index (κ3) is 7.06. The van der Waals surface area contributed by atoms with Gasteiger partial charge in [-0.3, -0.25) is 4.79 Å². The van der Waals surface area contributed by atoms with Gasteiger partial charge < -0.3 is 30.9 Å². The summed E-state index contributed by atoms with van der Waals surface area (Å²) < 4.78 is 10.6. The standard InChI is InChI=1S/C17H21NO4.C16H22N2O2/c19-14(20)16-7-4-8-17(12-16,10-9-16)18-15(21)22-11-13-5-2-1-3-6-13;17-15-7-4-8-16(12-15,10-9-15)18-14(19)20-11-13-5-2-1-3-6-13/h1-3,5-6H,4,7-12H2,(H,18,21)(H,19,20);1-3,5-6H,4,7-12,17H2,(H,18,19). The highest BCUT2D eigenvalue weighted by Crippen LogP contribution is 2.53. The lowest BCUT2D eigenvalue weighted by Crippen LogP contribution is -2.52. The molecule has 5 N–H and O–H groups in total. The highest BCUT2D eigenvalue weighted by molar-refractivity contribution is 5.76. The predicted octanol–water partition coefficient (Wildman–Crippen LogP) is 5.81. The molecule has 4 fully saturated rings. The van der Waals surface area contributed by atoms with Crippen molar-refractivity contribution in [2.45, 2.75) is 107 Å². The number of nitrogens with two attached hydrogens (primary N) is 1. The van der Waals surface area contributed by atoms with Crippen molar-refractivity contribution in [2.24, 2.45) is 11.1 Å². The van der Waals surface area contributed by atoms with Crippen molar-refractivity contribution in [3.63, 3.8) is 0 Å². The number of hydrogen-bond donors (Lipinski definition) is 4. The Morgan fingerprint density at radius 3 is 1.71 bits per heavy atom. The Morgan fingerprint density at radius 2 is 1.17 bits per heavy atom. The van der Waals surface area contributed by atoms with Crippen LogP contribution >= 0.6 is 0 Å². The van der Waals surface area contributed by atoms with Gasteiger partial charge in [0.25, 0.3) is 0 Å². The number of hydrogen-bond acceptors (Lipinski definition) is 6. The van der Waals surface area contributed by atoms with Gasteiger partial charge in [-0.1, -0.05) is 60.7 Å². The molecule has 226 valence electrons. The van der Waals surface area contributed by atoms with E-state index in [1.165, 1.54) is 0 Å². The molecule has 2 aromatic rings. The van der Waals surface area contributed by atoms with Gasteiger partial charge in [-0.05, 0) is 88.2 Å². The van der Waals surface area contributed by atoms with Crippen LogP contribution in [0.25, 0.3) is 0 Å². The van der Waals surface area contributed by atoms with Gasteiger partial charge in [0.2, 0.25) is 0 Å². The largest absolute Gasteiger partial charge is 0.481 e. The van der Waals surface area contributed by atoms with Crippen molar-refractivity contribution in [3.8, 4) is 0 Å². The molecule has 9 nitrogen and oxygen atoms in total. The lowest BCUT2D eigenvalue weighted by Gasteiger charge is -2.37. The van der Waals surface area contributed by atoms with Gasteiger partial charge in [0.05, 0.1) is 5.41 Å². The van der Waals surface area contributed by atoms with Crippen molar-refractivity contribution < 1.29 is 29.0 Å². The maximum Gasteiger partial charge on any atom is 0.407 e. The Morgan fingerprint density at radius 1 is 0.667 bits per heavy atom. The number of alkyl carbamates (subject to hydrolysis) is 2. The van der Waals surface area contributed by atoms with E-state index >= 15 is 0 Å². The van der Waals surface area contributed by atoms with Crippen molar-refractivity contribution in [1.82, 2.24) is 10.6 Å². The summed E-state index contributed by atoms with van der Waals surface area (Å²) in [5.41, 5.74) is 7.04. The number of nitrogens with one attached hydrogen (secondary N) is 2. The number of carbonyl (C=O) groups is 3. The fraction of sp³-hybridized carbons (Fsp3) is 0.545. The Balaban J connectivity index is 0.000000169. The third-order valence-electron chi connectivity index (χ3n) is 9.81. The number of aliphatic carboxylic acids is 1. The zero-order valence-electron chi connectivity index (χ0n) is 24.2. The van der Waals surface area contributed by atoms with E-state index in [-0.39, 0.29) is 23.8 Å². The molecule has 2 aromatic carbocycles. The quantitative estimate of drug-likeness (QED) is 0.326. The summed E-state index contributed by atoms with van der Waals surface area (Å²) in [7, 11) is 0. The first kappa shape index (κ1) is 29.9. The topological polar surface area (TPSA) is 140 Å². The van der Waals surface area contributed by atoms with Crippen LogP contribution in [-0.2, 0) is 27.5 Å². The van der Waals surface area contributed by atoms with E-state index in [2.05, 4.69) is 10.6 Å². The summed E-state index contributed by atoms with van der Waals surface area (Å²) in [4.78, 5) is 35.6. The number of rotatable bonds is 7. The van der Waals surface area contributed by atoms with E-state index < -0.39 is 23.0 Å². The maximum absolute atomic E-state index is 12.1. The molecule has 6 rings (SSSR count). The second-order valence-electron chi connectivity index (χ2n) is 12.9. The number of amides is 2. The molecule has 4 unspecified atom stereocenters. The predicted molar refractivity (Wildman–Crippen MR) is 157 cm³/mol. The normalized spacial score (nSPS) is 30.8. The van der Waals surface area contributed by atoms with Gasteiger partial charge in [-0.25, -0.2) is 9.59 Å². The first-order chi connectivity index (χ1) is 20.1.